The number of hydrogen-bond donors (Lipinski definition) is 1. The molecule has 1 atom stereocenters. The van der Waals surface area contributed by atoms with Crippen molar-refractivity contribution < 1.29 is 4.74 Å². The smallest absolute Gasteiger partial charge is 0.123 e. The van der Waals surface area contributed by atoms with Crippen LogP contribution < -0.4 is 10.1 Å². The van der Waals surface area contributed by atoms with E-state index in [4.69, 9.17) is 4.74 Å². The Morgan fingerprint density at radius 3 is 2.63 bits per heavy atom. The summed E-state index contributed by atoms with van der Waals surface area (Å²) >= 11 is 0. The molecule has 0 bridgehead atoms. The zero-order valence-electron chi connectivity index (χ0n) is 12.5. The van der Waals surface area contributed by atoms with Crippen molar-refractivity contribution in [1.29, 1.82) is 0 Å². The zero-order valence-corrected chi connectivity index (χ0v) is 13.3. The van der Waals surface area contributed by atoms with Gasteiger partial charge < -0.3 is 10.1 Å². The summed E-state index contributed by atoms with van der Waals surface area (Å²) in [5.41, 5.74) is 2.75. The summed E-state index contributed by atoms with van der Waals surface area (Å²) in [4.78, 5) is 0. The van der Waals surface area contributed by atoms with E-state index in [0.29, 0.717) is 5.92 Å². The average Bonchev–Trinajstić information content (AvgIpc) is 2.79. The number of halogens is 1. The van der Waals surface area contributed by atoms with Crippen LogP contribution in [-0.4, -0.2) is 19.7 Å². The summed E-state index contributed by atoms with van der Waals surface area (Å²) in [5.74, 6) is 1.72. The van der Waals surface area contributed by atoms with Gasteiger partial charge in [0.2, 0.25) is 0 Å². The SMILES string of the molecule is Cc1ccc(OCC2CCNC2)c(C(C)(C)C)c1.Cl. The van der Waals surface area contributed by atoms with Gasteiger partial charge in [-0.1, -0.05) is 38.5 Å². The molecular formula is C16H26ClNO. The normalized spacial score (nSPS) is 19.1. The zero-order chi connectivity index (χ0) is 13.2. The van der Waals surface area contributed by atoms with Crippen LogP contribution in [0.4, 0.5) is 0 Å². The Kier molecular flexibility index (Phi) is 5.69. The van der Waals surface area contributed by atoms with E-state index >= 15 is 0 Å². The number of aryl methyl sites for hydroxylation is 1. The maximum absolute atomic E-state index is 6.06. The molecule has 108 valence electrons. The molecule has 0 aromatic heterocycles. The summed E-state index contributed by atoms with van der Waals surface area (Å²) < 4.78 is 6.06. The van der Waals surface area contributed by atoms with Gasteiger partial charge in [0.05, 0.1) is 6.61 Å². The Morgan fingerprint density at radius 2 is 2.05 bits per heavy atom. The van der Waals surface area contributed by atoms with E-state index in [9.17, 15) is 0 Å². The van der Waals surface area contributed by atoms with E-state index in [2.05, 4.69) is 51.2 Å². The van der Waals surface area contributed by atoms with Gasteiger partial charge in [0.1, 0.15) is 5.75 Å². The highest BCUT2D eigenvalue weighted by Gasteiger charge is 2.21. The Bertz CT molecular complexity index is 406. The second-order valence-electron chi connectivity index (χ2n) is 6.42. The van der Waals surface area contributed by atoms with Crippen molar-refractivity contribution in [2.45, 2.75) is 39.5 Å². The van der Waals surface area contributed by atoms with E-state index < -0.39 is 0 Å². The highest BCUT2D eigenvalue weighted by Crippen LogP contribution is 2.32. The highest BCUT2D eigenvalue weighted by molar-refractivity contribution is 5.85. The molecule has 0 radical (unpaired) electrons. The van der Waals surface area contributed by atoms with E-state index in [-0.39, 0.29) is 17.8 Å². The summed E-state index contributed by atoms with van der Waals surface area (Å²) in [6, 6.07) is 6.51. The topological polar surface area (TPSA) is 21.3 Å². The fraction of sp³-hybridized carbons (Fsp3) is 0.625. The van der Waals surface area contributed by atoms with Gasteiger partial charge in [-0.15, -0.1) is 12.4 Å². The Morgan fingerprint density at radius 1 is 1.32 bits per heavy atom. The molecular weight excluding hydrogens is 258 g/mol. The molecule has 3 heteroatoms. The minimum Gasteiger partial charge on any atom is -0.493 e. The predicted octanol–water partition coefficient (Wildman–Crippen LogP) is 3.70. The summed E-state index contributed by atoms with van der Waals surface area (Å²) in [7, 11) is 0. The third-order valence-electron chi connectivity index (χ3n) is 3.58. The molecule has 0 saturated carbocycles. The molecule has 1 heterocycles. The van der Waals surface area contributed by atoms with Crippen LogP contribution in [0.2, 0.25) is 0 Å². The lowest BCUT2D eigenvalue weighted by Crippen LogP contribution is -2.18. The molecule has 2 nitrogen and oxygen atoms in total. The van der Waals surface area contributed by atoms with Crippen molar-refractivity contribution in [1.82, 2.24) is 5.32 Å². The first-order chi connectivity index (χ1) is 8.47. The summed E-state index contributed by atoms with van der Waals surface area (Å²) in [5, 5.41) is 3.38. The molecule has 0 aliphatic carbocycles. The second kappa shape index (κ2) is 6.62. The van der Waals surface area contributed by atoms with Gasteiger partial charge in [0.25, 0.3) is 0 Å². The average molecular weight is 284 g/mol. The molecule has 1 N–H and O–H groups in total. The van der Waals surface area contributed by atoms with Gasteiger partial charge in [-0.05, 0) is 36.9 Å². The first-order valence-electron chi connectivity index (χ1n) is 6.91. The third-order valence-corrected chi connectivity index (χ3v) is 3.58. The van der Waals surface area contributed by atoms with Crippen molar-refractivity contribution in [3.8, 4) is 5.75 Å². The molecule has 1 aromatic rings. The molecule has 1 fully saturated rings. The molecule has 19 heavy (non-hydrogen) atoms. The molecule has 1 aliphatic heterocycles. The largest absolute Gasteiger partial charge is 0.493 e. The van der Waals surface area contributed by atoms with Crippen molar-refractivity contribution >= 4 is 12.4 Å². The minimum atomic E-state index is 0. The van der Waals surface area contributed by atoms with E-state index in [1.807, 2.05) is 0 Å². The van der Waals surface area contributed by atoms with Gasteiger partial charge in [-0.3, -0.25) is 0 Å². The number of benzene rings is 1. The Hall–Kier alpha value is -0.730. The molecule has 1 unspecified atom stereocenters. The Balaban J connectivity index is 0.00000180. The third kappa shape index (κ3) is 4.39. The van der Waals surface area contributed by atoms with Crippen LogP contribution in [-0.2, 0) is 5.41 Å². The van der Waals surface area contributed by atoms with Crippen molar-refractivity contribution in [2.24, 2.45) is 5.92 Å². The first kappa shape index (κ1) is 16.3. The van der Waals surface area contributed by atoms with Crippen LogP contribution in [0, 0.1) is 12.8 Å². The van der Waals surface area contributed by atoms with Crippen LogP contribution in [0.5, 0.6) is 5.75 Å². The molecule has 0 amide bonds. The van der Waals surface area contributed by atoms with Crippen molar-refractivity contribution in [2.75, 3.05) is 19.7 Å². The quantitative estimate of drug-likeness (QED) is 0.913. The fourth-order valence-electron chi connectivity index (χ4n) is 2.42. The number of nitrogens with one attached hydrogen (secondary N) is 1. The van der Waals surface area contributed by atoms with Gasteiger partial charge in [0.15, 0.2) is 0 Å². The van der Waals surface area contributed by atoms with E-state index in [1.165, 1.54) is 17.5 Å². The first-order valence-corrected chi connectivity index (χ1v) is 6.91. The molecule has 2 rings (SSSR count). The standard InChI is InChI=1S/C16H25NO.ClH/c1-12-5-6-15(14(9-12)16(2,3)4)18-11-13-7-8-17-10-13;/h5-6,9,13,17H,7-8,10-11H2,1-4H3;1H. The van der Waals surface area contributed by atoms with Gasteiger partial charge in [-0.2, -0.15) is 0 Å². The minimum absolute atomic E-state index is 0. The number of rotatable bonds is 3. The van der Waals surface area contributed by atoms with Crippen molar-refractivity contribution in [3.63, 3.8) is 0 Å². The maximum Gasteiger partial charge on any atom is 0.123 e. The number of ether oxygens (including phenoxy) is 1. The Labute approximate surface area is 123 Å². The molecule has 1 saturated heterocycles. The predicted molar refractivity (Wildman–Crippen MR) is 83.6 cm³/mol. The van der Waals surface area contributed by atoms with Crippen molar-refractivity contribution in [3.05, 3.63) is 29.3 Å². The summed E-state index contributed by atoms with van der Waals surface area (Å²) in [6.45, 7) is 11.9. The summed E-state index contributed by atoms with van der Waals surface area (Å²) in [6.07, 6.45) is 1.23. The molecule has 1 aromatic carbocycles. The van der Waals surface area contributed by atoms with Gasteiger partial charge >= 0.3 is 0 Å². The number of hydrogen-bond acceptors (Lipinski definition) is 2. The highest BCUT2D eigenvalue weighted by atomic mass is 35.5. The lowest BCUT2D eigenvalue weighted by molar-refractivity contribution is 0.254. The monoisotopic (exact) mass is 283 g/mol. The van der Waals surface area contributed by atoms with Crippen LogP contribution in [0.15, 0.2) is 18.2 Å². The lowest BCUT2D eigenvalue weighted by Gasteiger charge is -2.24. The molecule has 1 aliphatic rings. The van der Waals surface area contributed by atoms with Crippen LogP contribution >= 0.6 is 12.4 Å². The second-order valence-corrected chi connectivity index (χ2v) is 6.42. The van der Waals surface area contributed by atoms with Gasteiger partial charge in [0, 0.05) is 12.5 Å². The molecule has 0 spiro atoms. The fourth-order valence-corrected chi connectivity index (χ4v) is 2.42. The van der Waals surface area contributed by atoms with Crippen LogP contribution in [0.3, 0.4) is 0 Å². The van der Waals surface area contributed by atoms with Crippen LogP contribution in [0.1, 0.15) is 38.3 Å². The van der Waals surface area contributed by atoms with Gasteiger partial charge in [-0.25, -0.2) is 0 Å². The maximum atomic E-state index is 6.06. The van der Waals surface area contributed by atoms with E-state index in [1.54, 1.807) is 0 Å². The lowest BCUT2D eigenvalue weighted by atomic mass is 9.85. The van der Waals surface area contributed by atoms with E-state index in [0.717, 1.165) is 25.4 Å². The van der Waals surface area contributed by atoms with Crippen LogP contribution in [0.25, 0.3) is 0 Å².